The van der Waals surface area contributed by atoms with E-state index in [4.69, 9.17) is 20.3 Å². The lowest BCUT2D eigenvalue weighted by molar-refractivity contribution is 0.168. The lowest BCUT2D eigenvalue weighted by Gasteiger charge is -2.22. The number of nitrogen functional groups attached to an aromatic ring is 1. The number of aliphatic hydroxyl groups is 1. The van der Waals surface area contributed by atoms with Gasteiger partial charge in [-0.3, -0.25) is 0 Å². The first-order valence-electron chi connectivity index (χ1n) is 6.59. The summed E-state index contributed by atoms with van der Waals surface area (Å²) in [6.45, 7) is 2.17. The van der Waals surface area contributed by atoms with E-state index in [9.17, 15) is 8.42 Å². The van der Waals surface area contributed by atoms with Gasteiger partial charge in [-0.2, -0.15) is 4.31 Å². The summed E-state index contributed by atoms with van der Waals surface area (Å²) in [6, 6.07) is 4.46. The first kappa shape index (κ1) is 17.7. The van der Waals surface area contributed by atoms with E-state index in [1.165, 1.54) is 19.2 Å². The Kier molecular flexibility index (Phi) is 6.90. The second-order valence-electron chi connectivity index (χ2n) is 4.26. The van der Waals surface area contributed by atoms with Gasteiger partial charge in [-0.15, -0.1) is 0 Å². The Morgan fingerprint density at radius 3 is 2.62 bits per heavy atom. The van der Waals surface area contributed by atoms with Crippen LogP contribution in [0.4, 0.5) is 5.69 Å². The first-order chi connectivity index (χ1) is 9.97. The lowest BCUT2D eigenvalue weighted by Crippen LogP contribution is -2.36. The number of sulfonamides is 1. The molecule has 0 radical (unpaired) electrons. The highest BCUT2D eigenvalue weighted by atomic mass is 32.2. The maximum absolute atomic E-state index is 12.7. The molecule has 0 fully saturated rings. The van der Waals surface area contributed by atoms with Crippen molar-refractivity contribution in [2.75, 3.05) is 45.8 Å². The van der Waals surface area contributed by atoms with Gasteiger partial charge in [0.15, 0.2) is 0 Å². The van der Waals surface area contributed by atoms with Gasteiger partial charge in [0.1, 0.15) is 10.6 Å². The summed E-state index contributed by atoms with van der Waals surface area (Å²) in [4.78, 5) is -0.00565. The smallest absolute Gasteiger partial charge is 0.246 e. The van der Waals surface area contributed by atoms with E-state index >= 15 is 0 Å². The molecule has 0 saturated heterocycles. The van der Waals surface area contributed by atoms with E-state index in [1.54, 1.807) is 13.0 Å². The third-order valence-corrected chi connectivity index (χ3v) is 4.70. The zero-order valence-electron chi connectivity index (χ0n) is 12.3. The molecule has 0 atom stereocenters. The quantitative estimate of drug-likeness (QED) is 0.635. The Morgan fingerprint density at radius 2 is 2.05 bits per heavy atom. The van der Waals surface area contributed by atoms with Crippen LogP contribution in [0.1, 0.15) is 6.92 Å². The van der Waals surface area contributed by atoms with Gasteiger partial charge in [-0.1, -0.05) is 0 Å². The van der Waals surface area contributed by atoms with Crippen LogP contribution in [0.5, 0.6) is 5.75 Å². The van der Waals surface area contributed by atoms with Crippen LogP contribution >= 0.6 is 0 Å². The molecular weight excluding hydrogens is 296 g/mol. The van der Waals surface area contributed by atoms with Gasteiger partial charge in [0.2, 0.25) is 10.0 Å². The van der Waals surface area contributed by atoms with Crippen molar-refractivity contribution in [3.05, 3.63) is 18.2 Å². The standard InChI is InChI=1S/C13H22N2O5S/c1-3-20-12-5-4-11(14)10-13(12)21(17,18)15(6-8-16)7-9-19-2/h4-5,10,16H,3,6-9,14H2,1-2H3. The summed E-state index contributed by atoms with van der Waals surface area (Å²) in [5.41, 5.74) is 6.01. The number of nitrogens with two attached hydrogens (primary N) is 1. The van der Waals surface area contributed by atoms with Crippen LogP contribution in [0, 0.1) is 0 Å². The van der Waals surface area contributed by atoms with Gasteiger partial charge in [-0.25, -0.2) is 8.42 Å². The molecule has 0 amide bonds. The summed E-state index contributed by atoms with van der Waals surface area (Å²) < 4.78 is 36.8. The molecule has 0 aliphatic carbocycles. The monoisotopic (exact) mass is 318 g/mol. The van der Waals surface area contributed by atoms with E-state index in [-0.39, 0.29) is 36.9 Å². The molecule has 3 N–H and O–H groups in total. The minimum Gasteiger partial charge on any atom is -0.492 e. The molecular formula is C13H22N2O5S. The van der Waals surface area contributed by atoms with Gasteiger partial charge in [-0.05, 0) is 25.1 Å². The van der Waals surface area contributed by atoms with Crippen molar-refractivity contribution in [3.8, 4) is 5.75 Å². The predicted molar refractivity (Wildman–Crippen MR) is 79.7 cm³/mol. The fourth-order valence-corrected chi connectivity index (χ4v) is 3.38. The summed E-state index contributed by atoms with van der Waals surface area (Å²) in [6.07, 6.45) is 0. The summed E-state index contributed by atoms with van der Waals surface area (Å²) in [5, 5.41) is 9.07. The van der Waals surface area contributed by atoms with E-state index in [0.717, 1.165) is 4.31 Å². The number of nitrogens with zero attached hydrogens (tertiary/aromatic N) is 1. The maximum atomic E-state index is 12.7. The highest BCUT2D eigenvalue weighted by Gasteiger charge is 2.27. The number of rotatable bonds is 9. The molecule has 120 valence electrons. The molecule has 0 aliphatic rings. The van der Waals surface area contributed by atoms with Crippen molar-refractivity contribution in [3.63, 3.8) is 0 Å². The third-order valence-electron chi connectivity index (χ3n) is 2.78. The third kappa shape index (κ3) is 4.57. The Labute approximate surface area is 125 Å². The highest BCUT2D eigenvalue weighted by molar-refractivity contribution is 7.89. The number of hydrogen-bond acceptors (Lipinski definition) is 6. The molecule has 0 spiro atoms. The Balaban J connectivity index is 3.22. The molecule has 0 saturated carbocycles. The molecule has 21 heavy (non-hydrogen) atoms. The van der Waals surface area contributed by atoms with Crippen LogP contribution in [0.25, 0.3) is 0 Å². The fourth-order valence-electron chi connectivity index (χ4n) is 1.80. The zero-order chi connectivity index (χ0) is 15.9. The summed E-state index contributed by atoms with van der Waals surface area (Å²) in [7, 11) is -2.34. The van der Waals surface area contributed by atoms with Crippen molar-refractivity contribution < 1.29 is 23.0 Å². The van der Waals surface area contributed by atoms with Crippen molar-refractivity contribution in [1.29, 1.82) is 0 Å². The molecule has 0 aromatic heterocycles. The van der Waals surface area contributed by atoms with Crippen LogP contribution in [0.15, 0.2) is 23.1 Å². The molecule has 0 aliphatic heterocycles. The van der Waals surface area contributed by atoms with E-state index in [2.05, 4.69) is 0 Å². The number of methoxy groups -OCH3 is 1. The number of hydrogen-bond donors (Lipinski definition) is 2. The Bertz CT molecular complexity index is 547. The largest absolute Gasteiger partial charge is 0.492 e. The Morgan fingerprint density at radius 1 is 1.33 bits per heavy atom. The minimum atomic E-state index is -3.82. The molecule has 0 unspecified atom stereocenters. The second-order valence-corrected chi connectivity index (χ2v) is 6.17. The van der Waals surface area contributed by atoms with E-state index in [1.807, 2.05) is 0 Å². The second kappa shape index (κ2) is 8.18. The van der Waals surface area contributed by atoms with Crippen molar-refractivity contribution in [2.24, 2.45) is 0 Å². The molecule has 7 nitrogen and oxygen atoms in total. The van der Waals surface area contributed by atoms with Gasteiger partial charge in [0.25, 0.3) is 0 Å². The predicted octanol–water partition coefficient (Wildman–Crippen LogP) is 0.297. The summed E-state index contributed by atoms with van der Waals surface area (Å²) >= 11 is 0. The van der Waals surface area contributed by atoms with E-state index in [0.29, 0.717) is 12.3 Å². The topological polar surface area (TPSA) is 102 Å². The average molecular weight is 318 g/mol. The number of aliphatic hydroxyl groups excluding tert-OH is 1. The average Bonchev–Trinajstić information content (AvgIpc) is 2.45. The van der Waals surface area contributed by atoms with Crippen molar-refractivity contribution in [1.82, 2.24) is 4.31 Å². The fraction of sp³-hybridized carbons (Fsp3) is 0.538. The molecule has 1 aromatic rings. The van der Waals surface area contributed by atoms with E-state index < -0.39 is 10.0 Å². The molecule has 1 rings (SSSR count). The van der Waals surface area contributed by atoms with Crippen molar-refractivity contribution >= 4 is 15.7 Å². The first-order valence-corrected chi connectivity index (χ1v) is 8.03. The van der Waals surface area contributed by atoms with Gasteiger partial charge in [0.05, 0.1) is 19.8 Å². The van der Waals surface area contributed by atoms with Gasteiger partial charge >= 0.3 is 0 Å². The Hall–Kier alpha value is -1.35. The van der Waals surface area contributed by atoms with Gasteiger partial charge < -0.3 is 20.3 Å². The maximum Gasteiger partial charge on any atom is 0.246 e. The lowest BCUT2D eigenvalue weighted by atomic mass is 10.3. The van der Waals surface area contributed by atoms with Crippen LogP contribution < -0.4 is 10.5 Å². The van der Waals surface area contributed by atoms with Crippen LogP contribution in [-0.4, -0.2) is 57.8 Å². The van der Waals surface area contributed by atoms with Crippen molar-refractivity contribution in [2.45, 2.75) is 11.8 Å². The van der Waals surface area contributed by atoms with Crippen LogP contribution in [-0.2, 0) is 14.8 Å². The number of anilines is 1. The molecule has 0 bridgehead atoms. The molecule has 1 aromatic carbocycles. The highest BCUT2D eigenvalue weighted by Crippen LogP contribution is 2.28. The molecule has 8 heteroatoms. The minimum absolute atomic E-state index is 0.00565. The number of ether oxygens (including phenoxy) is 2. The van der Waals surface area contributed by atoms with Crippen LogP contribution in [0.2, 0.25) is 0 Å². The summed E-state index contributed by atoms with van der Waals surface area (Å²) in [5.74, 6) is 0.243. The SMILES string of the molecule is CCOc1ccc(N)cc1S(=O)(=O)N(CCO)CCOC. The van der Waals surface area contributed by atoms with Gasteiger partial charge in [0, 0.05) is 25.9 Å². The number of benzene rings is 1. The normalized spacial score (nSPS) is 11.8. The zero-order valence-corrected chi connectivity index (χ0v) is 13.1. The molecule has 0 heterocycles. The van der Waals surface area contributed by atoms with Crippen LogP contribution in [0.3, 0.4) is 0 Å².